The summed E-state index contributed by atoms with van der Waals surface area (Å²) in [6.45, 7) is 9.97. The van der Waals surface area contributed by atoms with E-state index in [-0.39, 0.29) is 5.41 Å². The number of rotatable bonds is 18. The summed E-state index contributed by atoms with van der Waals surface area (Å²) in [6, 6.07) is 8.76. The van der Waals surface area contributed by atoms with E-state index in [1.165, 1.54) is 102 Å². The highest BCUT2D eigenvalue weighted by molar-refractivity contribution is 7.80. The van der Waals surface area contributed by atoms with Crippen LogP contribution in [0.3, 0.4) is 0 Å². The average Bonchev–Trinajstić information content (AvgIpc) is 3.18. The maximum absolute atomic E-state index is 4.56. The van der Waals surface area contributed by atoms with Gasteiger partial charge in [-0.05, 0) is 17.4 Å². The Hall–Kier alpha value is -1.29. The van der Waals surface area contributed by atoms with Crippen molar-refractivity contribution in [3.8, 4) is 11.4 Å². The van der Waals surface area contributed by atoms with Crippen molar-refractivity contribution in [2.75, 3.05) is 0 Å². The molecule has 1 heterocycles. The van der Waals surface area contributed by atoms with Crippen molar-refractivity contribution >= 4 is 12.6 Å². The van der Waals surface area contributed by atoms with Crippen LogP contribution in [0.5, 0.6) is 0 Å². The van der Waals surface area contributed by atoms with Crippen LogP contribution < -0.4 is 0 Å². The molecule has 0 saturated carbocycles. The van der Waals surface area contributed by atoms with Crippen molar-refractivity contribution < 1.29 is 0 Å². The van der Waals surface area contributed by atoms with Gasteiger partial charge in [-0.1, -0.05) is 148 Å². The van der Waals surface area contributed by atoms with E-state index in [2.05, 4.69) is 79.4 Å². The second-order valence-electron chi connectivity index (χ2n) is 11.1. The molecule has 0 unspecified atom stereocenters. The van der Waals surface area contributed by atoms with Crippen LogP contribution in [0.25, 0.3) is 11.4 Å². The summed E-state index contributed by atoms with van der Waals surface area (Å²) in [5, 5.41) is 9.36. The molecule has 2 rings (SSSR count). The molecule has 4 heteroatoms. The lowest BCUT2D eigenvalue weighted by Gasteiger charge is -2.19. The van der Waals surface area contributed by atoms with E-state index in [1.54, 1.807) is 0 Å². The van der Waals surface area contributed by atoms with Crippen LogP contribution in [-0.4, -0.2) is 14.8 Å². The molecule has 3 nitrogen and oxygen atoms in total. The lowest BCUT2D eigenvalue weighted by Crippen LogP contribution is -2.10. The first kappa shape index (κ1) is 28.9. The highest BCUT2D eigenvalue weighted by Gasteiger charge is 2.15. The minimum absolute atomic E-state index is 0.161. The van der Waals surface area contributed by atoms with Gasteiger partial charge in [0, 0.05) is 12.1 Å². The van der Waals surface area contributed by atoms with E-state index in [1.807, 2.05) is 0 Å². The first-order valence-electron chi connectivity index (χ1n) is 14.2. The molecule has 0 aliphatic heterocycles. The van der Waals surface area contributed by atoms with Crippen LogP contribution in [0.15, 0.2) is 29.4 Å². The average molecular weight is 486 g/mol. The number of aromatic nitrogens is 3. The Balaban J connectivity index is 1.54. The molecule has 0 N–H and O–H groups in total. The summed E-state index contributed by atoms with van der Waals surface area (Å²) in [4.78, 5) is 0. The molecule has 0 atom stereocenters. The van der Waals surface area contributed by atoms with E-state index in [9.17, 15) is 0 Å². The monoisotopic (exact) mass is 485 g/mol. The molecule has 0 aliphatic carbocycles. The normalized spacial score (nSPS) is 11.9. The van der Waals surface area contributed by atoms with Crippen LogP contribution in [0.4, 0.5) is 0 Å². The number of nitrogens with zero attached hydrogens (tertiary/aromatic N) is 3. The Morgan fingerprint density at radius 3 is 1.53 bits per heavy atom. The van der Waals surface area contributed by atoms with Gasteiger partial charge >= 0.3 is 0 Å². The highest BCUT2D eigenvalue weighted by atomic mass is 32.1. The second-order valence-corrected chi connectivity index (χ2v) is 11.5. The summed E-state index contributed by atoms with van der Waals surface area (Å²) >= 11 is 4.56. The fourth-order valence-corrected chi connectivity index (χ4v) is 4.89. The van der Waals surface area contributed by atoms with Gasteiger partial charge < -0.3 is 4.57 Å². The van der Waals surface area contributed by atoms with Gasteiger partial charge in [-0.15, -0.1) is 22.8 Å². The molecule has 192 valence electrons. The minimum Gasteiger partial charge on any atom is -0.302 e. The molecule has 1 aromatic carbocycles. The third-order valence-electron chi connectivity index (χ3n) is 6.98. The fourth-order valence-electron chi connectivity index (χ4n) is 4.65. The van der Waals surface area contributed by atoms with Crippen molar-refractivity contribution in [1.29, 1.82) is 0 Å². The third-order valence-corrected chi connectivity index (χ3v) is 7.31. The summed E-state index contributed by atoms with van der Waals surface area (Å²) in [5.74, 6) is 0.936. The van der Waals surface area contributed by atoms with E-state index in [0.29, 0.717) is 0 Å². The van der Waals surface area contributed by atoms with Gasteiger partial charge in [-0.25, -0.2) is 0 Å². The van der Waals surface area contributed by atoms with E-state index < -0.39 is 0 Å². The van der Waals surface area contributed by atoms with Crippen LogP contribution in [0.1, 0.15) is 136 Å². The Kier molecular flexibility index (Phi) is 14.0. The predicted octanol–water partition coefficient (Wildman–Crippen LogP) is 9.79. The largest absolute Gasteiger partial charge is 0.302 e. The zero-order valence-electron chi connectivity index (χ0n) is 22.6. The molecule has 0 fully saturated rings. The summed E-state index contributed by atoms with van der Waals surface area (Å²) in [7, 11) is 0. The molecule has 2 aromatic rings. The number of hydrogen-bond donors (Lipinski definition) is 1. The van der Waals surface area contributed by atoms with E-state index in [0.717, 1.165) is 29.5 Å². The van der Waals surface area contributed by atoms with Crippen LogP contribution in [0.2, 0.25) is 0 Å². The van der Waals surface area contributed by atoms with Crippen molar-refractivity contribution in [3.05, 3.63) is 29.8 Å². The first-order chi connectivity index (χ1) is 16.4. The molecule has 34 heavy (non-hydrogen) atoms. The number of hydrogen-bond acceptors (Lipinski definition) is 3. The van der Waals surface area contributed by atoms with Gasteiger partial charge in [0.05, 0.1) is 0 Å². The zero-order chi connectivity index (χ0) is 24.7. The summed E-state index contributed by atoms with van der Waals surface area (Å²) in [5.41, 5.74) is 2.62. The molecular formula is C30H51N3S. The Bertz CT molecular complexity index is 773. The molecular weight excluding hydrogens is 434 g/mol. The first-order valence-corrected chi connectivity index (χ1v) is 14.6. The second kappa shape index (κ2) is 16.4. The number of thiol groups is 1. The molecule has 0 radical (unpaired) electrons. The lowest BCUT2D eigenvalue weighted by molar-refractivity contribution is 0.515. The maximum Gasteiger partial charge on any atom is 0.188 e. The van der Waals surface area contributed by atoms with Gasteiger partial charge in [-0.3, -0.25) is 0 Å². The highest BCUT2D eigenvalue weighted by Crippen LogP contribution is 2.26. The van der Waals surface area contributed by atoms with Crippen molar-refractivity contribution in [1.82, 2.24) is 14.8 Å². The van der Waals surface area contributed by atoms with Crippen LogP contribution >= 0.6 is 12.6 Å². The smallest absolute Gasteiger partial charge is 0.188 e. The van der Waals surface area contributed by atoms with Gasteiger partial charge in [-0.2, -0.15) is 0 Å². The van der Waals surface area contributed by atoms with Gasteiger partial charge in [0.15, 0.2) is 11.0 Å². The standard InChI is InChI=1S/C30H51N3S/c1-5-6-7-8-9-10-11-12-13-14-15-16-17-18-19-20-25-33-28(31-32-29(33)34)26-21-23-27(24-22-26)30(2,3)4/h21-24H,5-20,25H2,1-4H3,(H,32,34). The van der Waals surface area contributed by atoms with Crippen molar-refractivity contribution in [2.24, 2.45) is 0 Å². The Morgan fingerprint density at radius 2 is 1.09 bits per heavy atom. The quantitative estimate of drug-likeness (QED) is 0.168. The van der Waals surface area contributed by atoms with E-state index in [4.69, 9.17) is 0 Å². The fraction of sp³-hybridized carbons (Fsp3) is 0.733. The van der Waals surface area contributed by atoms with E-state index >= 15 is 0 Å². The summed E-state index contributed by atoms with van der Waals surface area (Å²) < 4.78 is 2.17. The Morgan fingerprint density at radius 1 is 0.647 bits per heavy atom. The van der Waals surface area contributed by atoms with Crippen molar-refractivity contribution in [3.63, 3.8) is 0 Å². The van der Waals surface area contributed by atoms with Crippen LogP contribution in [-0.2, 0) is 12.0 Å². The topological polar surface area (TPSA) is 30.7 Å². The summed E-state index contributed by atoms with van der Waals surface area (Å²) in [6.07, 6.45) is 22.3. The zero-order valence-corrected chi connectivity index (χ0v) is 23.5. The van der Waals surface area contributed by atoms with Gasteiger partial charge in [0.2, 0.25) is 0 Å². The van der Waals surface area contributed by atoms with Gasteiger partial charge in [0.25, 0.3) is 0 Å². The molecule has 0 spiro atoms. The van der Waals surface area contributed by atoms with Crippen LogP contribution in [0, 0.1) is 0 Å². The molecule has 0 amide bonds. The lowest BCUT2D eigenvalue weighted by atomic mass is 9.87. The number of unbranched alkanes of at least 4 members (excludes halogenated alkanes) is 15. The molecule has 0 saturated heterocycles. The Labute approximate surface area is 215 Å². The molecule has 1 aromatic heterocycles. The minimum atomic E-state index is 0.161. The van der Waals surface area contributed by atoms with Gasteiger partial charge in [0.1, 0.15) is 0 Å². The SMILES string of the molecule is CCCCCCCCCCCCCCCCCCn1c(S)nnc1-c1ccc(C(C)(C)C)cc1. The van der Waals surface area contributed by atoms with Crippen molar-refractivity contribution in [2.45, 2.75) is 148 Å². The maximum atomic E-state index is 4.56. The predicted molar refractivity (Wildman–Crippen MR) is 151 cm³/mol. The third kappa shape index (κ3) is 11.0. The number of benzene rings is 1. The molecule has 0 bridgehead atoms. The molecule has 0 aliphatic rings.